The highest BCUT2D eigenvalue weighted by molar-refractivity contribution is 5.85. The number of carboxylic acids is 1. The number of aliphatic carboxylic acids is 1. The molecule has 4 nitrogen and oxygen atoms in total. The number of carbonyl (C=O) groups is 1. The van der Waals surface area contributed by atoms with E-state index in [9.17, 15) is 4.79 Å². The molecule has 62 valence electrons. The molecule has 1 fully saturated rings. The van der Waals surface area contributed by atoms with Crippen molar-refractivity contribution in [2.24, 2.45) is 5.16 Å². The summed E-state index contributed by atoms with van der Waals surface area (Å²) >= 11 is 0. The summed E-state index contributed by atoms with van der Waals surface area (Å²) in [5.74, 6) is -0.979. The molecule has 0 saturated heterocycles. The number of carboxylic acid groups (broad SMARTS) is 1. The van der Waals surface area contributed by atoms with Crippen LogP contribution in [0.3, 0.4) is 0 Å². The maximum absolute atomic E-state index is 9.98. The molecule has 0 unspecified atom stereocenters. The van der Waals surface area contributed by atoms with Crippen molar-refractivity contribution in [2.45, 2.75) is 25.7 Å². The minimum atomic E-state index is -0.979. The lowest BCUT2D eigenvalue weighted by Crippen LogP contribution is -2.04. The van der Waals surface area contributed by atoms with Crippen molar-refractivity contribution >= 4 is 11.7 Å². The van der Waals surface area contributed by atoms with Gasteiger partial charge in [-0.05, 0) is 25.7 Å². The largest absolute Gasteiger partial charge is 0.479 e. The number of nitrogens with zero attached hydrogens (tertiary/aromatic N) is 1. The third kappa shape index (κ3) is 3.02. The Hall–Kier alpha value is -1.06. The fourth-order valence-electron chi connectivity index (χ4n) is 1.05. The molecule has 0 radical (unpaired) electrons. The molecule has 4 heteroatoms. The SMILES string of the molecule is O=C(O)CON=C1CCCC1. The van der Waals surface area contributed by atoms with E-state index in [1.807, 2.05) is 0 Å². The third-order valence-electron chi connectivity index (χ3n) is 1.56. The maximum Gasteiger partial charge on any atom is 0.344 e. The third-order valence-corrected chi connectivity index (χ3v) is 1.56. The number of rotatable bonds is 3. The van der Waals surface area contributed by atoms with Crippen LogP contribution in [0.5, 0.6) is 0 Å². The average molecular weight is 157 g/mol. The summed E-state index contributed by atoms with van der Waals surface area (Å²) in [6.45, 7) is -0.330. The minimum absolute atomic E-state index is 0.330. The fourth-order valence-corrected chi connectivity index (χ4v) is 1.05. The van der Waals surface area contributed by atoms with Gasteiger partial charge in [-0.15, -0.1) is 0 Å². The molecule has 0 aromatic heterocycles. The summed E-state index contributed by atoms with van der Waals surface area (Å²) in [6.07, 6.45) is 4.21. The standard InChI is InChI=1S/C7H11NO3/c9-7(10)5-11-8-6-3-1-2-4-6/h1-5H2,(H,9,10). The highest BCUT2D eigenvalue weighted by Crippen LogP contribution is 2.14. The zero-order chi connectivity index (χ0) is 8.10. The van der Waals surface area contributed by atoms with E-state index in [1.165, 1.54) is 0 Å². The van der Waals surface area contributed by atoms with Crippen LogP contribution in [0.15, 0.2) is 5.16 Å². The summed E-state index contributed by atoms with van der Waals surface area (Å²) in [5, 5.41) is 11.9. The molecule has 0 amide bonds. The van der Waals surface area contributed by atoms with Gasteiger partial charge in [0.15, 0.2) is 0 Å². The lowest BCUT2D eigenvalue weighted by molar-refractivity contribution is -0.142. The monoisotopic (exact) mass is 157 g/mol. The van der Waals surface area contributed by atoms with Crippen molar-refractivity contribution in [3.05, 3.63) is 0 Å². The molecule has 0 spiro atoms. The van der Waals surface area contributed by atoms with Crippen LogP contribution in [-0.4, -0.2) is 23.4 Å². The van der Waals surface area contributed by atoms with Crippen molar-refractivity contribution in [3.8, 4) is 0 Å². The van der Waals surface area contributed by atoms with Crippen molar-refractivity contribution in [1.29, 1.82) is 0 Å². The first-order chi connectivity index (χ1) is 5.29. The molecule has 0 aromatic rings. The van der Waals surface area contributed by atoms with Gasteiger partial charge in [-0.25, -0.2) is 4.79 Å². The first-order valence-electron chi connectivity index (χ1n) is 3.68. The number of hydrogen-bond donors (Lipinski definition) is 1. The van der Waals surface area contributed by atoms with E-state index in [2.05, 4.69) is 9.99 Å². The fraction of sp³-hybridized carbons (Fsp3) is 0.714. The van der Waals surface area contributed by atoms with E-state index >= 15 is 0 Å². The summed E-state index contributed by atoms with van der Waals surface area (Å²) < 4.78 is 0. The predicted octanol–water partition coefficient (Wildman–Crippen LogP) is 1.02. The molecule has 1 aliphatic carbocycles. The first kappa shape index (κ1) is 8.04. The van der Waals surface area contributed by atoms with Crippen LogP contribution in [-0.2, 0) is 9.63 Å². The minimum Gasteiger partial charge on any atom is -0.479 e. The molecule has 0 heterocycles. The van der Waals surface area contributed by atoms with Crippen molar-refractivity contribution in [2.75, 3.05) is 6.61 Å². The van der Waals surface area contributed by atoms with Crippen LogP contribution in [0.1, 0.15) is 25.7 Å². The smallest absolute Gasteiger partial charge is 0.344 e. The van der Waals surface area contributed by atoms with Gasteiger partial charge in [0.2, 0.25) is 6.61 Å². The molecule has 0 atom stereocenters. The Balaban J connectivity index is 2.18. The van der Waals surface area contributed by atoms with E-state index in [4.69, 9.17) is 5.11 Å². The summed E-state index contributed by atoms with van der Waals surface area (Å²) in [6, 6.07) is 0. The van der Waals surface area contributed by atoms with Gasteiger partial charge >= 0.3 is 5.97 Å². The van der Waals surface area contributed by atoms with Crippen molar-refractivity contribution in [1.82, 2.24) is 0 Å². The Morgan fingerprint density at radius 2 is 2.18 bits per heavy atom. The van der Waals surface area contributed by atoms with E-state index < -0.39 is 5.97 Å². The van der Waals surface area contributed by atoms with Gasteiger partial charge in [0.1, 0.15) is 0 Å². The molecule has 1 aliphatic rings. The zero-order valence-corrected chi connectivity index (χ0v) is 6.25. The predicted molar refractivity (Wildman–Crippen MR) is 39.5 cm³/mol. The molecule has 1 saturated carbocycles. The molecule has 0 aliphatic heterocycles. The van der Waals surface area contributed by atoms with Crippen molar-refractivity contribution in [3.63, 3.8) is 0 Å². The van der Waals surface area contributed by atoms with Gasteiger partial charge < -0.3 is 9.94 Å². The van der Waals surface area contributed by atoms with Gasteiger partial charge in [0.25, 0.3) is 0 Å². The molecule has 11 heavy (non-hydrogen) atoms. The lowest BCUT2D eigenvalue weighted by atomic mass is 10.3. The number of oxime groups is 1. The molecule has 1 N–H and O–H groups in total. The number of hydrogen-bond acceptors (Lipinski definition) is 3. The Labute approximate surface area is 64.8 Å². The average Bonchev–Trinajstić information content (AvgIpc) is 2.39. The quantitative estimate of drug-likeness (QED) is 0.622. The van der Waals surface area contributed by atoms with Crippen molar-refractivity contribution < 1.29 is 14.7 Å². The molecule has 0 aromatic carbocycles. The highest BCUT2D eigenvalue weighted by Gasteiger charge is 2.08. The summed E-state index contributed by atoms with van der Waals surface area (Å²) in [4.78, 5) is 14.5. The second kappa shape index (κ2) is 3.95. The van der Waals surface area contributed by atoms with Crippen LogP contribution in [0, 0.1) is 0 Å². The van der Waals surface area contributed by atoms with Gasteiger partial charge in [-0.2, -0.15) is 0 Å². The Morgan fingerprint density at radius 3 is 2.73 bits per heavy atom. The van der Waals surface area contributed by atoms with E-state index in [0.29, 0.717) is 0 Å². The highest BCUT2D eigenvalue weighted by atomic mass is 16.6. The van der Waals surface area contributed by atoms with Crippen LogP contribution >= 0.6 is 0 Å². The van der Waals surface area contributed by atoms with Crippen LogP contribution in [0.25, 0.3) is 0 Å². The lowest BCUT2D eigenvalue weighted by Gasteiger charge is -1.95. The van der Waals surface area contributed by atoms with E-state index in [0.717, 1.165) is 31.4 Å². The molecule has 1 rings (SSSR count). The maximum atomic E-state index is 9.98. The van der Waals surface area contributed by atoms with Gasteiger partial charge in [-0.1, -0.05) is 5.16 Å². The normalized spacial score (nSPS) is 16.5. The Kier molecular flexibility index (Phi) is 2.89. The van der Waals surface area contributed by atoms with E-state index in [1.54, 1.807) is 0 Å². The van der Waals surface area contributed by atoms with Crippen LogP contribution < -0.4 is 0 Å². The Bertz CT molecular complexity index is 169. The second-order valence-corrected chi connectivity index (χ2v) is 2.53. The Morgan fingerprint density at radius 1 is 1.55 bits per heavy atom. The first-order valence-corrected chi connectivity index (χ1v) is 3.68. The van der Waals surface area contributed by atoms with Gasteiger partial charge in [0, 0.05) is 0 Å². The zero-order valence-electron chi connectivity index (χ0n) is 6.25. The summed E-state index contributed by atoms with van der Waals surface area (Å²) in [5.41, 5.74) is 0.992. The van der Waals surface area contributed by atoms with Gasteiger partial charge in [0.05, 0.1) is 5.71 Å². The second-order valence-electron chi connectivity index (χ2n) is 2.53. The topological polar surface area (TPSA) is 58.9 Å². The van der Waals surface area contributed by atoms with Crippen LogP contribution in [0.4, 0.5) is 0 Å². The molecular formula is C7H11NO3. The van der Waals surface area contributed by atoms with E-state index in [-0.39, 0.29) is 6.61 Å². The summed E-state index contributed by atoms with van der Waals surface area (Å²) in [7, 11) is 0. The molecule has 0 bridgehead atoms. The van der Waals surface area contributed by atoms with Gasteiger partial charge in [-0.3, -0.25) is 0 Å². The molecular weight excluding hydrogens is 146 g/mol. The van der Waals surface area contributed by atoms with Crippen LogP contribution in [0.2, 0.25) is 0 Å².